The Bertz CT molecular complexity index is 1180. The lowest BCUT2D eigenvalue weighted by atomic mass is 10.2. The van der Waals surface area contributed by atoms with Crippen LogP contribution < -0.4 is 10.1 Å². The summed E-state index contributed by atoms with van der Waals surface area (Å²) in [6.07, 6.45) is 1.76. The Labute approximate surface area is 194 Å². The van der Waals surface area contributed by atoms with Crippen LogP contribution in [-0.4, -0.2) is 31.4 Å². The van der Waals surface area contributed by atoms with Crippen LogP contribution in [0, 0.1) is 0 Å². The zero-order valence-corrected chi connectivity index (χ0v) is 18.8. The van der Waals surface area contributed by atoms with E-state index in [9.17, 15) is 4.79 Å². The quantitative estimate of drug-likeness (QED) is 0.266. The first-order chi connectivity index (χ1) is 15.7. The summed E-state index contributed by atoms with van der Waals surface area (Å²) in [5.74, 6) is 1.46. The molecule has 0 radical (unpaired) electrons. The first-order valence-electron chi connectivity index (χ1n) is 9.87. The summed E-state index contributed by atoms with van der Waals surface area (Å²) >= 11 is 2.71. The number of rotatable bonds is 10. The van der Waals surface area contributed by atoms with Crippen LogP contribution in [0.15, 0.2) is 83.9 Å². The van der Waals surface area contributed by atoms with Gasteiger partial charge in [0.25, 0.3) is 0 Å². The van der Waals surface area contributed by atoms with E-state index < -0.39 is 0 Å². The van der Waals surface area contributed by atoms with Gasteiger partial charge in [-0.2, -0.15) is 0 Å². The molecule has 0 aliphatic heterocycles. The zero-order chi connectivity index (χ0) is 22.2. The number of ether oxygens (including phenoxy) is 1. The third-order valence-electron chi connectivity index (χ3n) is 4.37. The van der Waals surface area contributed by atoms with Crippen molar-refractivity contribution in [1.29, 1.82) is 0 Å². The van der Waals surface area contributed by atoms with Crippen molar-refractivity contribution < 1.29 is 9.53 Å². The summed E-state index contributed by atoms with van der Waals surface area (Å²) in [5, 5.41) is 14.4. The second kappa shape index (κ2) is 10.7. The van der Waals surface area contributed by atoms with Gasteiger partial charge in [-0.05, 0) is 12.1 Å². The molecule has 0 spiro atoms. The second-order valence-corrected chi connectivity index (χ2v) is 8.44. The lowest BCUT2D eigenvalue weighted by Crippen LogP contribution is -2.15. The molecule has 0 bridgehead atoms. The van der Waals surface area contributed by atoms with E-state index in [-0.39, 0.29) is 18.3 Å². The minimum Gasteiger partial charge on any atom is -0.486 e. The highest BCUT2D eigenvalue weighted by Crippen LogP contribution is 2.25. The molecule has 32 heavy (non-hydrogen) atoms. The predicted molar refractivity (Wildman–Crippen MR) is 128 cm³/mol. The number of carbonyl (C=O) groups is 1. The second-order valence-electron chi connectivity index (χ2n) is 6.64. The van der Waals surface area contributed by atoms with E-state index in [1.807, 2.05) is 70.6 Å². The van der Waals surface area contributed by atoms with Crippen LogP contribution in [0.25, 0.3) is 11.3 Å². The Kier molecular flexibility index (Phi) is 7.31. The summed E-state index contributed by atoms with van der Waals surface area (Å²) in [5.41, 5.74) is 1.86. The lowest BCUT2D eigenvalue weighted by molar-refractivity contribution is -0.113. The van der Waals surface area contributed by atoms with Gasteiger partial charge in [-0.3, -0.25) is 9.36 Å². The van der Waals surface area contributed by atoms with E-state index in [1.54, 1.807) is 6.08 Å². The Hall–Kier alpha value is -3.43. The van der Waals surface area contributed by atoms with Gasteiger partial charge in [-0.15, -0.1) is 28.1 Å². The molecule has 1 N–H and O–H groups in total. The summed E-state index contributed by atoms with van der Waals surface area (Å²) in [7, 11) is 0. The first-order valence-corrected chi connectivity index (χ1v) is 11.7. The minimum atomic E-state index is -0.154. The van der Waals surface area contributed by atoms with Gasteiger partial charge in [0, 0.05) is 17.5 Å². The summed E-state index contributed by atoms with van der Waals surface area (Å²) in [6.45, 7) is 4.60. The number of thioether (sulfide) groups is 1. The van der Waals surface area contributed by atoms with Gasteiger partial charge in [0.2, 0.25) is 5.91 Å². The van der Waals surface area contributed by atoms with Crippen LogP contribution in [-0.2, 0) is 17.9 Å². The molecule has 0 atom stereocenters. The molecule has 4 aromatic rings. The van der Waals surface area contributed by atoms with Crippen molar-refractivity contribution >= 4 is 34.1 Å². The summed E-state index contributed by atoms with van der Waals surface area (Å²) in [6, 6.07) is 19.4. The molecule has 4 rings (SSSR count). The smallest absolute Gasteiger partial charge is 0.236 e. The molecule has 2 aromatic carbocycles. The fourth-order valence-corrected chi connectivity index (χ4v) is 4.37. The van der Waals surface area contributed by atoms with Gasteiger partial charge in [-0.1, -0.05) is 66.4 Å². The topological polar surface area (TPSA) is 81.9 Å². The SMILES string of the molecule is C=CCn1c(COc2ccccc2)nnc1SCC(=O)Nc1nc(-c2ccccc2)cs1. The van der Waals surface area contributed by atoms with E-state index in [2.05, 4.69) is 27.1 Å². The minimum absolute atomic E-state index is 0.154. The molecule has 2 heterocycles. The van der Waals surface area contributed by atoms with Gasteiger partial charge in [-0.25, -0.2) is 4.98 Å². The summed E-state index contributed by atoms with van der Waals surface area (Å²) in [4.78, 5) is 16.9. The number of aromatic nitrogens is 4. The number of nitrogens with one attached hydrogen (secondary N) is 1. The maximum Gasteiger partial charge on any atom is 0.236 e. The normalized spacial score (nSPS) is 10.6. The highest BCUT2D eigenvalue weighted by Gasteiger charge is 2.15. The van der Waals surface area contributed by atoms with Gasteiger partial charge < -0.3 is 10.1 Å². The van der Waals surface area contributed by atoms with E-state index >= 15 is 0 Å². The number of anilines is 1. The molecular formula is C23H21N5O2S2. The fourth-order valence-electron chi connectivity index (χ4n) is 2.87. The average Bonchev–Trinajstić information content (AvgIpc) is 3.45. The number of hydrogen-bond acceptors (Lipinski definition) is 7. The van der Waals surface area contributed by atoms with E-state index in [0.717, 1.165) is 17.0 Å². The van der Waals surface area contributed by atoms with Crippen molar-refractivity contribution in [2.24, 2.45) is 0 Å². The predicted octanol–water partition coefficient (Wildman–Crippen LogP) is 4.90. The molecule has 0 unspecified atom stereocenters. The molecule has 0 saturated heterocycles. The number of nitrogens with zero attached hydrogens (tertiary/aromatic N) is 4. The largest absolute Gasteiger partial charge is 0.486 e. The molecule has 9 heteroatoms. The number of carbonyl (C=O) groups excluding carboxylic acids is 1. The molecule has 1 amide bonds. The lowest BCUT2D eigenvalue weighted by Gasteiger charge is -2.09. The van der Waals surface area contributed by atoms with Crippen LogP contribution in [0.5, 0.6) is 5.75 Å². The Morgan fingerprint density at radius 2 is 1.88 bits per heavy atom. The number of allylic oxidation sites excluding steroid dienone is 1. The number of hydrogen-bond donors (Lipinski definition) is 1. The number of para-hydroxylation sites is 1. The highest BCUT2D eigenvalue weighted by molar-refractivity contribution is 7.99. The average molecular weight is 464 g/mol. The molecule has 0 fully saturated rings. The first kappa shape index (κ1) is 21.8. The molecular weight excluding hydrogens is 442 g/mol. The third kappa shape index (κ3) is 5.63. The van der Waals surface area contributed by atoms with Gasteiger partial charge >= 0.3 is 0 Å². The van der Waals surface area contributed by atoms with Crippen molar-refractivity contribution in [3.8, 4) is 17.0 Å². The van der Waals surface area contributed by atoms with Crippen LogP contribution in [0.2, 0.25) is 0 Å². The van der Waals surface area contributed by atoms with Crippen LogP contribution in [0.4, 0.5) is 5.13 Å². The van der Waals surface area contributed by atoms with E-state index in [0.29, 0.717) is 22.7 Å². The number of thiazole rings is 1. The molecule has 7 nitrogen and oxygen atoms in total. The molecule has 0 saturated carbocycles. The monoisotopic (exact) mass is 463 g/mol. The Morgan fingerprint density at radius 3 is 2.62 bits per heavy atom. The number of benzene rings is 2. The molecule has 2 aromatic heterocycles. The zero-order valence-electron chi connectivity index (χ0n) is 17.2. The van der Waals surface area contributed by atoms with Crippen LogP contribution >= 0.6 is 23.1 Å². The van der Waals surface area contributed by atoms with Crippen molar-refractivity contribution in [2.75, 3.05) is 11.1 Å². The van der Waals surface area contributed by atoms with Gasteiger partial charge in [0.15, 0.2) is 16.1 Å². The summed E-state index contributed by atoms with van der Waals surface area (Å²) < 4.78 is 7.68. The maximum absolute atomic E-state index is 12.5. The molecule has 0 aliphatic rings. The Morgan fingerprint density at radius 1 is 1.12 bits per heavy atom. The molecule has 0 aliphatic carbocycles. The van der Waals surface area contributed by atoms with E-state index in [4.69, 9.17) is 4.74 Å². The van der Waals surface area contributed by atoms with Crippen molar-refractivity contribution in [3.63, 3.8) is 0 Å². The van der Waals surface area contributed by atoms with Gasteiger partial charge in [0.05, 0.1) is 11.4 Å². The maximum atomic E-state index is 12.5. The standard InChI is InChI=1S/C23H21N5O2S2/c1-2-13-28-20(14-30-18-11-7-4-8-12-18)26-27-23(28)32-16-21(29)25-22-24-19(15-31-22)17-9-5-3-6-10-17/h2-12,15H,1,13-14,16H2,(H,24,25,29). The fraction of sp³-hybridized carbons (Fsp3) is 0.130. The van der Waals surface area contributed by atoms with Crippen molar-refractivity contribution in [2.45, 2.75) is 18.3 Å². The van der Waals surface area contributed by atoms with Crippen molar-refractivity contribution in [1.82, 2.24) is 19.7 Å². The Balaban J connectivity index is 1.34. The highest BCUT2D eigenvalue weighted by atomic mass is 32.2. The van der Waals surface area contributed by atoms with Crippen LogP contribution in [0.3, 0.4) is 0 Å². The van der Waals surface area contributed by atoms with E-state index in [1.165, 1.54) is 23.1 Å². The van der Waals surface area contributed by atoms with Crippen LogP contribution in [0.1, 0.15) is 5.82 Å². The number of amides is 1. The van der Waals surface area contributed by atoms with Crippen molar-refractivity contribution in [3.05, 3.63) is 84.5 Å². The van der Waals surface area contributed by atoms with Gasteiger partial charge in [0.1, 0.15) is 12.4 Å². The molecule has 162 valence electrons. The third-order valence-corrected chi connectivity index (χ3v) is 6.09.